The molecular formula is C19H18N4OS. The Hall–Kier alpha value is -2.73. The van der Waals surface area contributed by atoms with E-state index < -0.39 is 0 Å². The second kappa shape index (κ2) is 6.64. The van der Waals surface area contributed by atoms with Crippen molar-refractivity contribution < 1.29 is 4.42 Å². The van der Waals surface area contributed by atoms with Crippen LogP contribution < -0.4 is 5.32 Å². The Morgan fingerprint density at radius 3 is 2.52 bits per heavy atom. The van der Waals surface area contributed by atoms with E-state index in [4.69, 9.17) is 16.6 Å². The van der Waals surface area contributed by atoms with Crippen molar-refractivity contribution in [2.45, 2.75) is 25.6 Å². The maximum Gasteiger partial charge on any atom is 0.170 e. The molecule has 0 spiro atoms. The standard InChI is InChI=1S/C19H18N4OS/c1-13-8-9-16(24-13)18-17(15-7-3-5-11-21-15)22-19(25)23(18)12-14-6-2-4-10-20-14/h2-11,17-18H,12H2,1H3,(H,22,25). The number of aromatic nitrogens is 2. The Labute approximate surface area is 151 Å². The molecule has 6 heteroatoms. The number of nitrogens with zero attached hydrogens (tertiary/aromatic N) is 3. The van der Waals surface area contributed by atoms with Crippen LogP contribution in [0.3, 0.4) is 0 Å². The summed E-state index contributed by atoms with van der Waals surface area (Å²) in [4.78, 5) is 11.1. The maximum atomic E-state index is 5.95. The molecule has 0 aromatic carbocycles. The minimum atomic E-state index is -0.0712. The van der Waals surface area contributed by atoms with E-state index in [1.54, 1.807) is 12.4 Å². The molecule has 5 nitrogen and oxygen atoms in total. The molecule has 4 rings (SSSR count). The Bertz CT molecular complexity index is 865. The number of rotatable bonds is 4. The first kappa shape index (κ1) is 15.8. The highest BCUT2D eigenvalue weighted by atomic mass is 32.1. The number of aryl methyl sites for hydroxylation is 1. The van der Waals surface area contributed by atoms with Crippen LogP contribution in [-0.2, 0) is 6.54 Å². The molecule has 0 radical (unpaired) electrons. The van der Waals surface area contributed by atoms with Crippen LogP contribution in [0.5, 0.6) is 0 Å². The third kappa shape index (κ3) is 3.13. The second-order valence-electron chi connectivity index (χ2n) is 6.02. The van der Waals surface area contributed by atoms with Gasteiger partial charge in [-0.2, -0.15) is 0 Å². The number of pyridine rings is 2. The third-order valence-corrected chi connectivity index (χ3v) is 4.66. The summed E-state index contributed by atoms with van der Waals surface area (Å²) in [6, 6.07) is 15.6. The molecule has 4 heterocycles. The fourth-order valence-electron chi connectivity index (χ4n) is 3.16. The topological polar surface area (TPSA) is 54.2 Å². The van der Waals surface area contributed by atoms with Crippen molar-refractivity contribution in [3.05, 3.63) is 83.8 Å². The smallest absolute Gasteiger partial charge is 0.170 e. The van der Waals surface area contributed by atoms with Gasteiger partial charge in [-0.25, -0.2) is 0 Å². The van der Waals surface area contributed by atoms with E-state index in [2.05, 4.69) is 20.2 Å². The van der Waals surface area contributed by atoms with E-state index in [1.165, 1.54) is 0 Å². The normalized spacial score (nSPS) is 19.9. The summed E-state index contributed by atoms with van der Waals surface area (Å²) < 4.78 is 5.95. The highest BCUT2D eigenvalue weighted by molar-refractivity contribution is 7.80. The van der Waals surface area contributed by atoms with E-state index in [0.29, 0.717) is 11.7 Å². The summed E-state index contributed by atoms with van der Waals surface area (Å²) in [5.74, 6) is 1.75. The van der Waals surface area contributed by atoms with Crippen LogP contribution in [0.4, 0.5) is 0 Å². The highest BCUT2D eigenvalue weighted by Gasteiger charge is 2.41. The van der Waals surface area contributed by atoms with Crippen molar-refractivity contribution in [2.24, 2.45) is 0 Å². The molecule has 1 fully saturated rings. The van der Waals surface area contributed by atoms with Crippen LogP contribution in [-0.4, -0.2) is 20.0 Å². The van der Waals surface area contributed by atoms with Crippen molar-refractivity contribution in [1.29, 1.82) is 0 Å². The van der Waals surface area contributed by atoms with Crippen LogP contribution in [0, 0.1) is 6.92 Å². The average molecular weight is 350 g/mol. The fraction of sp³-hybridized carbons (Fsp3) is 0.211. The zero-order valence-electron chi connectivity index (χ0n) is 13.8. The maximum absolute atomic E-state index is 5.95. The first-order valence-corrected chi connectivity index (χ1v) is 8.57. The number of hydrogen-bond acceptors (Lipinski definition) is 4. The molecule has 0 saturated carbocycles. The minimum absolute atomic E-state index is 0.0667. The predicted molar refractivity (Wildman–Crippen MR) is 98.7 cm³/mol. The lowest BCUT2D eigenvalue weighted by molar-refractivity contribution is 0.262. The zero-order valence-corrected chi connectivity index (χ0v) is 14.6. The van der Waals surface area contributed by atoms with Crippen LogP contribution in [0.1, 0.15) is 35.0 Å². The highest BCUT2D eigenvalue weighted by Crippen LogP contribution is 2.39. The summed E-state index contributed by atoms with van der Waals surface area (Å²) >= 11 is 5.62. The lowest BCUT2D eigenvalue weighted by Gasteiger charge is -2.25. The first-order chi connectivity index (χ1) is 12.2. The molecule has 1 aliphatic rings. The van der Waals surface area contributed by atoms with Crippen molar-refractivity contribution in [2.75, 3.05) is 0 Å². The summed E-state index contributed by atoms with van der Waals surface area (Å²) in [5.41, 5.74) is 1.90. The van der Waals surface area contributed by atoms with E-state index in [-0.39, 0.29) is 12.1 Å². The summed E-state index contributed by atoms with van der Waals surface area (Å²) in [5, 5.41) is 4.09. The van der Waals surface area contributed by atoms with Crippen molar-refractivity contribution >= 4 is 17.3 Å². The Morgan fingerprint density at radius 2 is 1.88 bits per heavy atom. The molecule has 126 valence electrons. The SMILES string of the molecule is Cc1ccc(C2C(c3ccccn3)NC(=S)N2Cc2ccccn2)o1. The average Bonchev–Trinajstić information content (AvgIpc) is 3.20. The summed E-state index contributed by atoms with van der Waals surface area (Å²) in [6.45, 7) is 2.56. The number of furan rings is 1. The lowest BCUT2D eigenvalue weighted by atomic mass is 10.0. The molecule has 1 N–H and O–H groups in total. The van der Waals surface area contributed by atoms with Crippen molar-refractivity contribution in [3.8, 4) is 0 Å². The number of nitrogens with one attached hydrogen (secondary N) is 1. The largest absolute Gasteiger partial charge is 0.464 e. The number of hydrogen-bond donors (Lipinski definition) is 1. The molecule has 0 aliphatic carbocycles. The van der Waals surface area contributed by atoms with Crippen molar-refractivity contribution in [1.82, 2.24) is 20.2 Å². The second-order valence-corrected chi connectivity index (χ2v) is 6.41. The van der Waals surface area contributed by atoms with Gasteiger partial charge in [0, 0.05) is 12.4 Å². The Balaban J connectivity index is 1.72. The van der Waals surface area contributed by atoms with Gasteiger partial charge in [-0.1, -0.05) is 12.1 Å². The molecule has 25 heavy (non-hydrogen) atoms. The van der Waals surface area contributed by atoms with Crippen LogP contribution in [0.15, 0.2) is 65.3 Å². The lowest BCUT2D eigenvalue weighted by Crippen LogP contribution is -2.29. The van der Waals surface area contributed by atoms with E-state index >= 15 is 0 Å². The molecular weight excluding hydrogens is 332 g/mol. The van der Waals surface area contributed by atoms with Gasteiger partial charge in [-0.05, 0) is 55.5 Å². The molecule has 2 atom stereocenters. The molecule has 0 amide bonds. The van der Waals surface area contributed by atoms with Gasteiger partial charge in [0.15, 0.2) is 5.11 Å². The third-order valence-electron chi connectivity index (χ3n) is 4.31. The summed E-state index contributed by atoms with van der Waals surface area (Å²) in [7, 11) is 0. The molecule has 3 aromatic rings. The summed E-state index contributed by atoms with van der Waals surface area (Å²) in [6.07, 6.45) is 3.59. The molecule has 0 bridgehead atoms. The van der Waals surface area contributed by atoms with E-state index in [0.717, 1.165) is 22.9 Å². The van der Waals surface area contributed by atoms with Gasteiger partial charge >= 0.3 is 0 Å². The number of thiocarbonyl (C=S) groups is 1. The van der Waals surface area contributed by atoms with Gasteiger partial charge in [0.05, 0.1) is 24.0 Å². The molecule has 1 aliphatic heterocycles. The fourth-order valence-corrected chi connectivity index (χ4v) is 3.47. The first-order valence-electron chi connectivity index (χ1n) is 8.16. The Kier molecular flexibility index (Phi) is 4.19. The quantitative estimate of drug-likeness (QED) is 0.726. The van der Waals surface area contributed by atoms with Gasteiger partial charge in [-0.3, -0.25) is 9.97 Å². The van der Waals surface area contributed by atoms with Gasteiger partial charge in [0.1, 0.15) is 17.6 Å². The van der Waals surface area contributed by atoms with Crippen LogP contribution in [0.25, 0.3) is 0 Å². The van der Waals surface area contributed by atoms with Gasteiger partial charge in [0.25, 0.3) is 0 Å². The van der Waals surface area contributed by atoms with Crippen LogP contribution in [0.2, 0.25) is 0 Å². The van der Waals surface area contributed by atoms with Gasteiger partial charge in [-0.15, -0.1) is 0 Å². The van der Waals surface area contributed by atoms with Gasteiger partial charge in [0.2, 0.25) is 0 Å². The molecule has 1 saturated heterocycles. The zero-order chi connectivity index (χ0) is 17.2. The monoisotopic (exact) mass is 350 g/mol. The van der Waals surface area contributed by atoms with E-state index in [9.17, 15) is 0 Å². The predicted octanol–water partition coefficient (Wildman–Crippen LogP) is 3.55. The van der Waals surface area contributed by atoms with Crippen molar-refractivity contribution in [3.63, 3.8) is 0 Å². The molecule has 3 aromatic heterocycles. The Morgan fingerprint density at radius 1 is 1.08 bits per heavy atom. The van der Waals surface area contributed by atoms with Gasteiger partial charge < -0.3 is 14.6 Å². The molecule has 2 unspecified atom stereocenters. The van der Waals surface area contributed by atoms with E-state index in [1.807, 2.05) is 55.5 Å². The minimum Gasteiger partial charge on any atom is -0.464 e. The van der Waals surface area contributed by atoms with Crippen LogP contribution >= 0.6 is 12.2 Å².